The van der Waals surface area contributed by atoms with Crippen LogP contribution in [0.5, 0.6) is 0 Å². The molecule has 0 saturated heterocycles. The summed E-state index contributed by atoms with van der Waals surface area (Å²) >= 11 is 1.28. The zero-order chi connectivity index (χ0) is 21.0. The van der Waals surface area contributed by atoms with Crippen molar-refractivity contribution >= 4 is 39.8 Å². The topological polar surface area (TPSA) is 112 Å². The Kier molecular flexibility index (Phi) is 6.23. The SMILES string of the molecule is CCOC(=O)c1cc(CC)sc1NC(=O)COC(=O)c1c(C)nn2cccnc12. The second-order valence-corrected chi connectivity index (χ2v) is 7.14. The summed E-state index contributed by atoms with van der Waals surface area (Å²) in [5.41, 5.74) is 1.29. The van der Waals surface area contributed by atoms with E-state index in [2.05, 4.69) is 15.4 Å². The first kappa shape index (κ1) is 20.5. The molecule has 1 amide bonds. The number of hydrogen-bond acceptors (Lipinski definition) is 8. The molecule has 3 rings (SSSR count). The van der Waals surface area contributed by atoms with E-state index in [0.717, 1.165) is 4.88 Å². The molecule has 0 fully saturated rings. The van der Waals surface area contributed by atoms with E-state index in [-0.39, 0.29) is 17.7 Å². The third kappa shape index (κ3) is 4.43. The third-order valence-electron chi connectivity index (χ3n) is 3.99. The Morgan fingerprint density at radius 3 is 2.72 bits per heavy atom. The van der Waals surface area contributed by atoms with Gasteiger partial charge >= 0.3 is 11.9 Å². The van der Waals surface area contributed by atoms with Gasteiger partial charge in [-0.2, -0.15) is 5.10 Å². The Morgan fingerprint density at radius 1 is 1.21 bits per heavy atom. The summed E-state index contributed by atoms with van der Waals surface area (Å²) in [5, 5.41) is 7.19. The number of thiophene rings is 1. The van der Waals surface area contributed by atoms with Gasteiger partial charge in [0, 0.05) is 17.3 Å². The van der Waals surface area contributed by atoms with E-state index in [1.54, 1.807) is 38.4 Å². The first-order chi connectivity index (χ1) is 13.9. The molecule has 0 bridgehead atoms. The molecule has 0 atom stereocenters. The van der Waals surface area contributed by atoms with Crippen LogP contribution in [-0.2, 0) is 20.7 Å². The maximum Gasteiger partial charge on any atom is 0.344 e. The van der Waals surface area contributed by atoms with Gasteiger partial charge in [-0.1, -0.05) is 6.92 Å². The quantitative estimate of drug-likeness (QED) is 0.589. The van der Waals surface area contributed by atoms with Crippen molar-refractivity contribution in [1.82, 2.24) is 14.6 Å². The fourth-order valence-electron chi connectivity index (χ4n) is 2.67. The van der Waals surface area contributed by atoms with Gasteiger partial charge in [0.1, 0.15) is 10.6 Å². The van der Waals surface area contributed by atoms with Crippen molar-refractivity contribution in [2.24, 2.45) is 0 Å². The number of amides is 1. The lowest BCUT2D eigenvalue weighted by molar-refractivity contribution is -0.119. The molecule has 0 unspecified atom stereocenters. The molecular formula is C19H20N4O5S. The number of fused-ring (bicyclic) bond motifs is 1. The lowest BCUT2D eigenvalue weighted by Crippen LogP contribution is -2.22. The number of carbonyl (C=O) groups excluding carboxylic acids is 3. The minimum atomic E-state index is -0.697. The largest absolute Gasteiger partial charge is 0.462 e. The van der Waals surface area contributed by atoms with Gasteiger partial charge in [0.05, 0.1) is 17.9 Å². The van der Waals surface area contributed by atoms with Crippen LogP contribution >= 0.6 is 11.3 Å². The highest BCUT2D eigenvalue weighted by atomic mass is 32.1. The van der Waals surface area contributed by atoms with Crippen molar-refractivity contribution in [3.8, 4) is 0 Å². The van der Waals surface area contributed by atoms with Gasteiger partial charge in [-0.3, -0.25) is 4.79 Å². The minimum absolute atomic E-state index is 0.204. The molecular weight excluding hydrogens is 396 g/mol. The van der Waals surface area contributed by atoms with Crippen LogP contribution in [-0.4, -0.2) is 45.7 Å². The molecule has 0 saturated carbocycles. The highest BCUT2D eigenvalue weighted by Gasteiger charge is 2.22. The highest BCUT2D eigenvalue weighted by molar-refractivity contribution is 7.16. The molecule has 0 spiro atoms. The van der Waals surface area contributed by atoms with E-state index in [9.17, 15) is 14.4 Å². The van der Waals surface area contributed by atoms with Gasteiger partial charge in [0.15, 0.2) is 12.3 Å². The molecule has 152 valence electrons. The molecule has 0 aliphatic rings. The Balaban J connectivity index is 1.68. The second kappa shape index (κ2) is 8.82. The number of anilines is 1. The average Bonchev–Trinajstić information content (AvgIpc) is 3.26. The fourth-order valence-corrected chi connectivity index (χ4v) is 3.67. The number of rotatable bonds is 7. The molecule has 3 aromatic heterocycles. The van der Waals surface area contributed by atoms with Gasteiger partial charge in [0.2, 0.25) is 0 Å². The fraction of sp³-hybridized carbons (Fsp3) is 0.316. The van der Waals surface area contributed by atoms with Gasteiger partial charge < -0.3 is 14.8 Å². The average molecular weight is 416 g/mol. The van der Waals surface area contributed by atoms with Crippen LogP contribution in [0.2, 0.25) is 0 Å². The summed E-state index contributed by atoms with van der Waals surface area (Å²) in [6.07, 6.45) is 3.92. The number of aromatic nitrogens is 3. The first-order valence-electron chi connectivity index (χ1n) is 9.01. The number of hydrogen-bond donors (Lipinski definition) is 1. The van der Waals surface area contributed by atoms with Crippen molar-refractivity contribution in [2.45, 2.75) is 27.2 Å². The van der Waals surface area contributed by atoms with Crippen LogP contribution in [0.1, 0.15) is 45.1 Å². The van der Waals surface area contributed by atoms with Crippen molar-refractivity contribution < 1.29 is 23.9 Å². The number of esters is 2. The van der Waals surface area contributed by atoms with Crippen LogP contribution in [0.4, 0.5) is 5.00 Å². The highest BCUT2D eigenvalue weighted by Crippen LogP contribution is 2.29. The van der Waals surface area contributed by atoms with Crippen LogP contribution in [0.25, 0.3) is 5.65 Å². The maximum absolute atomic E-state index is 12.4. The summed E-state index contributed by atoms with van der Waals surface area (Å²) < 4.78 is 11.6. The summed E-state index contributed by atoms with van der Waals surface area (Å²) in [6, 6.07) is 3.38. The van der Waals surface area contributed by atoms with Crippen LogP contribution in [0.3, 0.4) is 0 Å². The third-order valence-corrected chi connectivity index (χ3v) is 5.18. The van der Waals surface area contributed by atoms with Crippen LogP contribution in [0, 0.1) is 6.92 Å². The van der Waals surface area contributed by atoms with Gasteiger partial charge in [-0.05, 0) is 32.4 Å². The van der Waals surface area contributed by atoms with E-state index in [4.69, 9.17) is 9.47 Å². The first-order valence-corrected chi connectivity index (χ1v) is 9.83. The van der Waals surface area contributed by atoms with E-state index in [1.165, 1.54) is 15.9 Å². The standard InChI is InChI=1S/C19H20N4O5S/c1-4-12-9-13(18(25)27-5-2)17(29-12)21-14(24)10-28-19(26)15-11(3)22-23-8-6-7-20-16(15)23/h6-9H,4-5,10H2,1-3H3,(H,21,24). The Bertz CT molecular complexity index is 1070. The zero-order valence-electron chi connectivity index (χ0n) is 16.2. The number of ether oxygens (including phenoxy) is 2. The van der Waals surface area contributed by atoms with Crippen molar-refractivity contribution in [3.05, 3.63) is 46.2 Å². The lowest BCUT2D eigenvalue weighted by Gasteiger charge is -2.07. The van der Waals surface area contributed by atoms with Crippen molar-refractivity contribution in [2.75, 3.05) is 18.5 Å². The monoisotopic (exact) mass is 416 g/mol. The van der Waals surface area contributed by atoms with E-state index < -0.39 is 24.5 Å². The molecule has 3 aromatic rings. The molecule has 0 radical (unpaired) electrons. The molecule has 10 heteroatoms. The Labute approximate surface area is 170 Å². The summed E-state index contributed by atoms with van der Waals surface area (Å²) in [7, 11) is 0. The molecule has 1 N–H and O–H groups in total. The molecule has 0 aliphatic heterocycles. The van der Waals surface area contributed by atoms with Crippen LogP contribution in [0.15, 0.2) is 24.5 Å². The second-order valence-electron chi connectivity index (χ2n) is 6.00. The zero-order valence-corrected chi connectivity index (χ0v) is 17.0. The smallest absolute Gasteiger partial charge is 0.344 e. The molecule has 0 aliphatic carbocycles. The van der Waals surface area contributed by atoms with Gasteiger partial charge in [-0.15, -0.1) is 11.3 Å². The normalized spacial score (nSPS) is 10.7. The Morgan fingerprint density at radius 2 is 2.00 bits per heavy atom. The lowest BCUT2D eigenvalue weighted by atomic mass is 10.2. The number of aryl methyl sites for hydroxylation is 2. The van der Waals surface area contributed by atoms with Crippen LogP contribution < -0.4 is 5.32 Å². The minimum Gasteiger partial charge on any atom is -0.462 e. The molecule has 9 nitrogen and oxygen atoms in total. The Hall–Kier alpha value is -3.27. The van der Waals surface area contributed by atoms with E-state index >= 15 is 0 Å². The summed E-state index contributed by atoms with van der Waals surface area (Å²) in [6.45, 7) is 5.04. The van der Waals surface area contributed by atoms with Gasteiger partial charge in [-0.25, -0.2) is 19.1 Å². The van der Waals surface area contributed by atoms with E-state index in [0.29, 0.717) is 22.8 Å². The van der Waals surface area contributed by atoms with E-state index in [1.807, 2.05) is 6.92 Å². The predicted octanol–water partition coefficient (Wildman–Crippen LogP) is 2.63. The molecule has 29 heavy (non-hydrogen) atoms. The summed E-state index contributed by atoms with van der Waals surface area (Å²) in [5.74, 6) is -1.77. The number of nitrogens with one attached hydrogen (secondary N) is 1. The number of carbonyl (C=O) groups is 3. The van der Waals surface area contributed by atoms with Crippen molar-refractivity contribution in [3.63, 3.8) is 0 Å². The molecule has 3 heterocycles. The molecule has 0 aromatic carbocycles. The number of nitrogens with zero attached hydrogens (tertiary/aromatic N) is 3. The summed E-state index contributed by atoms with van der Waals surface area (Å²) in [4.78, 5) is 41.9. The van der Waals surface area contributed by atoms with Crippen molar-refractivity contribution in [1.29, 1.82) is 0 Å². The van der Waals surface area contributed by atoms with Gasteiger partial charge in [0.25, 0.3) is 5.91 Å². The maximum atomic E-state index is 12.4. The predicted molar refractivity (Wildman–Crippen MR) is 106 cm³/mol.